The second-order valence-electron chi connectivity index (χ2n) is 4.76. The van der Waals surface area contributed by atoms with Gasteiger partial charge in [-0.1, -0.05) is 0 Å². The molecule has 0 aliphatic carbocycles. The van der Waals surface area contributed by atoms with Crippen LogP contribution in [0, 0.1) is 0 Å². The third kappa shape index (κ3) is 2.49. The summed E-state index contributed by atoms with van der Waals surface area (Å²) in [5, 5.41) is 7.75. The number of hydrogen-bond donors (Lipinski definition) is 1. The topological polar surface area (TPSA) is 77.6 Å². The van der Waals surface area contributed by atoms with Gasteiger partial charge in [-0.3, -0.25) is 14.0 Å². The molecule has 3 rings (SSSR count). The first-order chi connectivity index (χ1) is 10.2. The highest BCUT2D eigenvalue weighted by molar-refractivity contribution is 5.72. The van der Waals surface area contributed by atoms with Gasteiger partial charge in [0.25, 0.3) is 5.56 Å². The number of pyridine rings is 1. The molecular weight excluding hydrogens is 268 g/mol. The van der Waals surface area contributed by atoms with Crippen LogP contribution in [0.5, 0.6) is 0 Å². The number of rotatable bonds is 4. The molecule has 0 aliphatic heterocycles. The maximum absolute atomic E-state index is 12.4. The van der Waals surface area contributed by atoms with Crippen LogP contribution in [-0.4, -0.2) is 30.9 Å². The second kappa shape index (κ2) is 5.35. The molecule has 3 aromatic rings. The van der Waals surface area contributed by atoms with Crippen LogP contribution in [0.4, 0.5) is 5.82 Å². The molecule has 3 aromatic heterocycles. The monoisotopic (exact) mass is 284 g/mol. The van der Waals surface area contributed by atoms with E-state index in [1.165, 1.54) is 0 Å². The van der Waals surface area contributed by atoms with Gasteiger partial charge in [-0.15, -0.1) is 0 Å². The van der Waals surface area contributed by atoms with Crippen molar-refractivity contribution in [3.63, 3.8) is 0 Å². The molecule has 21 heavy (non-hydrogen) atoms. The number of anilines is 1. The van der Waals surface area contributed by atoms with E-state index in [0.717, 1.165) is 17.9 Å². The summed E-state index contributed by atoms with van der Waals surface area (Å²) in [6.45, 7) is 3.27. The first-order valence-electron chi connectivity index (χ1n) is 6.75. The van der Waals surface area contributed by atoms with E-state index in [0.29, 0.717) is 17.6 Å². The highest BCUT2D eigenvalue weighted by Gasteiger charge is 2.08. The zero-order valence-electron chi connectivity index (χ0n) is 11.9. The van der Waals surface area contributed by atoms with Gasteiger partial charge in [0, 0.05) is 19.8 Å². The van der Waals surface area contributed by atoms with Crippen LogP contribution >= 0.6 is 0 Å². The van der Waals surface area contributed by atoms with Crippen molar-refractivity contribution < 1.29 is 0 Å². The van der Waals surface area contributed by atoms with Gasteiger partial charge in [-0.25, -0.2) is 9.97 Å². The summed E-state index contributed by atoms with van der Waals surface area (Å²) in [5.41, 5.74) is 1.50. The van der Waals surface area contributed by atoms with Crippen LogP contribution in [0.3, 0.4) is 0 Å². The van der Waals surface area contributed by atoms with E-state index in [2.05, 4.69) is 20.4 Å². The van der Waals surface area contributed by atoms with E-state index in [9.17, 15) is 4.79 Å². The largest absolute Gasteiger partial charge is 0.370 e. The minimum absolute atomic E-state index is 0.0880. The zero-order valence-corrected chi connectivity index (χ0v) is 11.9. The smallest absolute Gasteiger partial charge is 0.264 e. The lowest BCUT2D eigenvalue weighted by Crippen LogP contribution is -2.21. The predicted octanol–water partition coefficient (Wildman–Crippen LogP) is 1.01. The molecule has 7 heteroatoms. The minimum Gasteiger partial charge on any atom is -0.370 e. The van der Waals surface area contributed by atoms with Gasteiger partial charge in [-0.05, 0) is 24.6 Å². The molecule has 0 saturated carbocycles. The van der Waals surface area contributed by atoms with E-state index >= 15 is 0 Å². The molecule has 7 nitrogen and oxygen atoms in total. The Bertz CT molecular complexity index is 835. The number of fused-ring (bicyclic) bond motifs is 1. The van der Waals surface area contributed by atoms with Crippen molar-refractivity contribution in [3.05, 3.63) is 46.8 Å². The quantitative estimate of drug-likeness (QED) is 0.773. The Morgan fingerprint density at radius 1 is 1.33 bits per heavy atom. The van der Waals surface area contributed by atoms with Crippen LogP contribution in [0.25, 0.3) is 11.0 Å². The first-order valence-corrected chi connectivity index (χ1v) is 6.75. The van der Waals surface area contributed by atoms with Gasteiger partial charge in [-0.2, -0.15) is 5.10 Å². The van der Waals surface area contributed by atoms with Crippen molar-refractivity contribution in [2.24, 2.45) is 7.05 Å². The normalized spacial score (nSPS) is 11.0. The Hall–Kier alpha value is -2.70. The second-order valence-corrected chi connectivity index (χ2v) is 4.76. The van der Waals surface area contributed by atoms with Crippen LogP contribution in [-0.2, 0) is 13.6 Å². The van der Waals surface area contributed by atoms with Crippen molar-refractivity contribution in [2.75, 3.05) is 11.9 Å². The average Bonchev–Trinajstić information content (AvgIpc) is 2.85. The molecular formula is C14H16N6O. The summed E-state index contributed by atoms with van der Waals surface area (Å²) < 4.78 is 3.17. The highest BCUT2D eigenvalue weighted by Crippen LogP contribution is 2.09. The fourth-order valence-corrected chi connectivity index (χ4v) is 2.23. The highest BCUT2D eigenvalue weighted by atomic mass is 16.1. The summed E-state index contributed by atoms with van der Waals surface area (Å²) in [6, 6.07) is 3.82. The fraction of sp³-hybridized carbons (Fsp3) is 0.286. The van der Waals surface area contributed by atoms with Crippen molar-refractivity contribution >= 4 is 16.9 Å². The molecule has 3 heterocycles. The van der Waals surface area contributed by atoms with E-state index in [1.54, 1.807) is 35.0 Å². The summed E-state index contributed by atoms with van der Waals surface area (Å²) in [6.07, 6.45) is 4.84. The molecule has 1 N–H and O–H groups in total. The lowest BCUT2D eigenvalue weighted by molar-refractivity contribution is 0.737. The molecule has 0 atom stereocenters. The third-order valence-corrected chi connectivity index (χ3v) is 3.25. The third-order valence-electron chi connectivity index (χ3n) is 3.25. The van der Waals surface area contributed by atoms with Crippen molar-refractivity contribution in [1.29, 1.82) is 0 Å². The molecule has 0 bridgehead atoms. The van der Waals surface area contributed by atoms with Gasteiger partial charge < -0.3 is 5.32 Å². The Balaban J connectivity index is 1.96. The van der Waals surface area contributed by atoms with Gasteiger partial charge in [0.1, 0.15) is 17.5 Å². The van der Waals surface area contributed by atoms with Crippen LogP contribution in [0.2, 0.25) is 0 Å². The van der Waals surface area contributed by atoms with E-state index in [1.807, 2.05) is 19.1 Å². The van der Waals surface area contributed by atoms with Crippen LogP contribution in [0.15, 0.2) is 35.6 Å². The van der Waals surface area contributed by atoms with Gasteiger partial charge in [0.05, 0.1) is 12.7 Å². The van der Waals surface area contributed by atoms with Gasteiger partial charge in [0.15, 0.2) is 5.65 Å². The number of aryl methyl sites for hydroxylation is 1. The number of aromatic nitrogens is 5. The molecule has 0 aliphatic rings. The minimum atomic E-state index is -0.0880. The van der Waals surface area contributed by atoms with E-state index in [4.69, 9.17) is 0 Å². The molecule has 0 radical (unpaired) electrons. The maximum Gasteiger partial charge on any atom is 0.264 e. The molecule has 0 saturated heterocycles. The number of hydrogen-bond acceptors (Lipinski definition) is 5. The SMILES string of the molecule is CCNc1cc(Cn2cnc3c(cnn3C)c2=O)ccn1. The predicted molar refractivity (Wildman–Crippen MR) is 80.3 cm³/mol. The summed E-state index contributed by atoms with van der Waals surface area (Å²) in [7, 11) is 1.77. The van der Waals surface area contributed by atoms with Gasteiger partial charge >= 0.3 is 0 Å². The number of nitrogens with zero attached hydrogens (tertiary/aromatic N) is 5. The molecule has 108 valence electrons. The summed E-state index contributed by atoms with van der Waals surface area (Å²) >= 11 is 0. The van der Waals surface area contributed by atoms with Crippen molar-refractivity contribution in [2.45, 2.75) is 13.5 Å². The van der Waals surface area contributed by atoms with Crippen molar-refractivity contribution in [3.8, 4) is 0 Å². The van der Waals surface area contributed by atoms with E-state index < -0.39 is 0 Å². The summed E-state index contributed by atoms with van der Waals surface area (Å²) in [5.74, 6) is 0.804. The van der Waals surface area contributed by atoms with Crippen LogP contribution in [0.1, 0.15) is 12.5 Å². The fourth-order valence-electron chi connectivity index (χ4n) is 2.23. The molecule has 0 fully saturated rings. The average molecular weight is 284 g/mol. The summed E-state index contributed by atoms with van der Waals surface area (Å²) in [4.78, 5) is 20.9. The standard InChI is InChI=1S/C14H16N6O/c1-3-15-12-6-10(4-5-16-12)8-20-9-17-13-11(14(20)21)7-18-19(13)2/h4-7,9H,3,8H2,1-2H3,(H,15,16). The zero-order chi connectivity index (χ0) is 14.8. The van der Waals surface area contributed by atoms with E-state index in [-0.39, 0.29) is 5.56 Å². The van der Waals surface area contributed by atoms with Crippen molar-refractivity contribution in [1.82, 2.24) is 24.3 Å². The Morgan fingerprint density at radius 2 is 2.19 bits per heavy atom. The maximum atomic E-state index is 12.4. The first kappa shape index (κ1) is 13.3. The van der Waals surface area contributed by atoms with Crippen LogP contribution < -0.4 is 10.9 Å². The molecule has 0 spiro atoms. The van der Waals surface area contributed by atoms with Gasteiger partial charge in [0.2, 0.25) is 0 Å². The lowest BCUT2D eigenvalue weighted by Gasteiger charge is -2.07. The molecule has 0 amide bonds. The Labute approximate surface area is 121 Å². The lowest BCUT2D eigenvalue weighted by atomic mass is 10.2. The Kier molecular flexibility index (Phi) is 3.39. The number of nitrogens with one attached hydrogen (secondary N) is 1. The Morgan fingerprint density at radius 3 is 3.00 bits per heavy atom. The molecule has 0 aromatic carbocycles. The molecule has 0 unspecified atom stereocenters.